The summed E-state index contributed by atoms with van der Waals surface area (Å²) >= 11 is 0. The first kappa shape index (κ1) is 22.7. The molecule has 174 valence electrons. The van der Waals surface area contributed by atoms with Crippen molar-refractivity contribution in [1.29, 1.82) is 0 Å². The van der Waals surface area contributed by atoms with Gasteiger partial charge in [0, 0.05) is 12.8 Å². The molecule has 10 heteroatoms. The van der Waals surface area contributed by atoms with Crippen LogP contribution in [0, 0.1) is 0 Å². The molecule has 1 aliphatic heterocycles. The summed E-state index contributed by atoms with van der Waals surface area (Å²) in [5.74, 6) is -2.29. The fourth-order valence-corrected chi connectivity index (χ4v) is 4.37. The van der Waals surface area contributed by atoms with E-state index in [1.807, 2.05) is 48.5 Å². The maximum Gasteiger partial charge on any atom is 0.409 e. The molecule has 10 nitrogen and oxygen atoms in total. The fourth-order valence-electron chi connectivity index (χ4n) is 4.37. The van der Waals surface area contributed by atoms with Crippen molar-refractivity contribution in [3.63, 3.8) is 0 Å². The van der Waals surface area contributed by atoms with Gasteiger partial charge in [-0.15, -0.1) is 0 Å². The number of carbonyl (C=O) groups is 3. The molecule has 0 aromatic heterocycles. The Kier molecular flexibility index (Phi) is 6.32. The zero-order valence-electron chi connectivity index (χ0n) is 17.7. The number of aliphatic hydroxyl groups excluding tert-OH is 2. The van der Waals surface area contributed by atoms with E-state index in [2.05, 4.69) is 10.6 Å². The van der Waals surface area contributed by atoms with E-state index >= 15 is 0 Å². The Morgan fingerprint density at radius 3 is 2.06 bits per heavy atom. The quantitative estimate of drug-likeness (QED) is 0.437. The van der Waals surface area contributed by atoms with E-state index in [4.69, 9.17) is 9.47 Å². The number of alkyl carbamates (subject to hydrolysis) is 1. The van der Waals surface area contributed by atoms with Crippen LogP contribution in [0.15, 0.2) is 48.5 Å². The first-order valence-electron chi connectivity index (χ1n) is 10.4. The first-order valence-corrected chi connectivity index (χ1v) is 10.4. The van der Waals surface area contributed by atoms with Gasteiger partial charge in [-0.25, -0.2) is 9.59 Å². The summed E-state index contributed by atoms with van der Waals surface area (Å²) in [6.45, 7) is 1.18. The zero-order valence-corrected chi connectivity index (χ0v) is 17.7. The maximum atomic E-state index is 12.6. The normalized spacial score (nSPS) is 26.1. The van der Waals surface area contributed by atoms with Crippen molar-refractivity contribution in [2.24, 2.45) is 0 Å². The molecule has 1 aliphatic carbocycles. The van der Waals surface area contributed by atoms with E-state index in [1.165, 1.54) is 6.92 Å². The summed E-state index contributed by atoms with van der Waals surface area (Å²) in [4.78, 5) is 35.5. The summed E-state index contributed by atoms with van der Waals surface area (Å²) in [5, 5.41) is 34.3. The number of ether oxygens (including phenoxy) is 2. The minimum atomic E-state index is -1.81. The number of aliphatic carboxylic acids is 1. The third kappa shape index (κ3) is 4.40. The Balaban J connectivity index is 1.47. The number of carbonyl (C=O) groups excluding carboxylic acids is 2. The second-order valence-corrected chi connectivity index (χ2v) is 7.99. The number of fused-ring (bicyclic) bond motifs is 3. The van der Waals surface area contributed by atoms with Crippen molar-refractivity contribution in [3.8, 4) is 11.1 Å². The summed E-state index contributed by atoms with van der Waals surface area (Å²) in [6.07, 6.45) is -7.67. The number of rotatable bonds is 5. The minimum Gasteiger partial charge on any atom is -0.479 e. The van der Waals surface area contributed by atoms with E-state index in [-0.39, 0.29) is 12.5 Å². The molecule has 2 aromatic carbocycles. The number of carboxylic acid groups (broad SMARTS) is 1. The van der Waals surface area contributed by atoms with Crippen LogP contribution >= 0.6 is 0 Å². The highest BCUT2D eigenvalue weighted by molar-refractivity contribution is 5.79. The number of amides is 2. The highest BCUT2D eigenvalue weighted by Crippen LogP contribution is 2.44. The largest absolute Gasteiger partial charge is 0.479 e. The molecular weight excluding hydrogens is 432 g/mol. The van der Waals surface area contributed by atoms with Gasteiger partial charge in [0.2, 0.25) is 5.91 Å². The Hall–Kier alpha value is -3.47. The van der Waals surface area contributed by atoms with Crippen LogP contribution in [0.1, 0.15) is 24.0 Å². The van der Waals surface area contributed by atoms with Crippen molar-refractivity contribution in [2.75, 3.05) is 6.61 Å². The number of carboxylic acids is 1. The Morgan fingerprint density at radius 1 is 0.939 bits per heavy atom. The Morgan fingerprint density at radius 2 is 1.52 bits per heavy atom. The lowest BCUT2D eigenvalue weighted by Gasteiger charge is -2.41. The molecule has 2 aliphatic rings. The molecule has 2 aromatic rings. The molecule has 5 atom stereocenters. The average molecular weight is 456 g/mol. The fraction of sp³-hybridized carbons (Fsp3) is 0.348. The maximum absolute atomic E-state index is 12.6. The van der Waals surface area contributed by atoms with Crippen molar-refractivity contribution in [3.05, 3.63) is 59.7 Å². The molecule has 33 heavy (non-hydrogen) atoms. The monoisotopic (exact) mass is 456 g/mol. The third-order valence-electron chi connectivity index (χ3n) is 5.86. The lowest BCUT2D eigenvalue weighted by molar-refractivity contribution is -0.205. The van der Waals surface area contributed by atoms with Crippen molar-refractivity contribution < 1.29 is 39.2 Å². The van der Waals surface area contributed by atoms with E-state index < -0.39 is 48.6 Å². The summed E-state index contributed by atoms with van der Waals surface area (Å²) in [5.41, 5.74) is 4.15. The van der Waals surface area contributed by atoms with Crippen LogP contribution in [0.5, 0.6) is 0 Å². The standard InChI is InChI=1S/C23H24N2O8/c1-11(26)24-17-18(27)19(28)20(22(29)30)33-21(17)25-23(31)32-10-16-14-8-4-2-6-12(14)13-7-3-5-9-15(13)16/h2-9,16-21,27-28H,10H2,1H3,(H,24,26)(H,25,31)(H,29,30)/t17-,18-,19+,20+,21-/m1/s1. The highest BCUT2D eigenvalue weighted by Gasteiger charge is 2.48. The van der Waals surface area contributed by atoms with E-state index in [9.17, 15) is 29.7 Å². The van der Waals surface area contributed by atoms with E-state index in [0.29, 0.717) is 0 Å². The highest BCUT2D eigenvalue weighted by atomic mass is 16.6. The van der Waals surface area contributed by atoms with Gasteiger partial charge >= 0.3 is 12.1 Å². The first-order chi connectivity index (χ1) is 15.8. The average Bonchev–Trinajstić information content (AvgIpc) is 3.10. The van der Waals surface area contributed by atoms with Gasteiger partial charge in [0.25, 0.3) is 0 Å². The summed E-state index contributed by atoms with van der Waals surface area (Å²) in [6, 6.07) is 14.3. The van der Waals surface area contributed by atoms with Crippen LogP contribution in [0.25, 0.3) is 11.1 Å². The summed E-state index contributed by atoms with van der Waals surface area (Å²) < 4.78 is 10.7. The molecule has 0 saturated carbocycles. The van der Waals surface area contributed by atoms with Crippen molar-refractivity contribution in [2.45, 2.75) is 43.4 Å². The molecule has 1 fully saturated rings. The smallest absolute Gasteiger partial charge is 0.409 e. The van der Waals surface area contributed by atoms with Crippen LogP contribution in [-0.4, -0.2) is 70.5 Å². The molecular formula is C23H24N2O8. The van der Waals surface area contributed by atoms with Gasteiger partial charge in [-0.05, 0) is 22.3 Å². The van der Waals surface area contributed by atoms with Crippen LogP contribution < -0.4 is 10.6 Å². The van der Waals surface area contributed by atoms with Crippen LogP contribution in [0.2, 0.25) is 0 Å². The molecule has 0 unspecified atom stereocenters. The topological polar surface area (TPSA) is 154 Å². The predicted molar refractivity (Wildman–Crippen MR) is 114 cm³/mol. The molecule has 0 bridgehead atoms. The van der Waals surface area contributed by atoms with Gasteiger partial charge < -0.3 is 30.1 Å². The van der Waals surface area contributed by atoms with E-state index in [0.717, 1.165) is 22.3 Å². The van der Waals surface area contributed by atoms with E-state index in [1.54, 1.807) is 0 Å². The lowest BCUT2D eigenvalue weighted by atomic mass is 9.95. The van der Waals surface area contributed by atoms with Crippen LogP contribution in [0.4, 0.5) is 4.79 Å². The molecule has 0 radical (unpaired) electrons. The number of hydrogen-bond donors (Lipinski definition) is 5. The molecule has 4 rings (SSSR count). The van der Waals surface area contributed by atoms with Gasteiger partial charge in [0.1, 0.15) is 24.9 Å². The number of aliphatic hydroxyl groups is 2. The Bertz CT molecular complexity index is 1030. The number of benzene rings is 2. The van der Waals surface area contributed by atoms with Crippen LogP contribution in [0.3, 0.4) is 0 Å². The third-order valence-corrected chi connectivity index (χ3v) is 5.86. The summed E-state index contributed by atoms with van der Waals surface area (Å²) in [7, 11) is 0. The van der Waals surface area contributed by atoms with Crippen LogP contribution in [-0.2, 0) is 19.1 Å². The van der Waals surface area contributed by atoms with Crippen molar-refractivity contribution in [1.82, 2.24) is 10.6 Å². The molecule has 0 spiro atoms. The number of hydrogen-bond acceptors (Lipinski definition) is 7. The van der Waals surface area contributed by atoms with Gasteiger partial charge in [-0.2, -0.15) is 0 Å². The molecule has 5 N–H and O–H groups in total. The van der Waals surface area contributed by atoms with Crippen molar-refractivity contribution >= 4 is 18.0 Å². The molecule has 1 heterocycles. The predicted octanol–water partition coefficient (Wildman–Crippen LogP) is 0.561. The Labute approximate surface area is 189 Å². The SMILES string of the molecule is CC(=O)N[C@@H]1[C@@H](O)[C@H](O)[C@@H](C(=O)O)O[C@H]1NC(=O)OCC1c2ccccc2-c2ccccc21. The number of nitrogens with one attached hydrogen (secondary N) is 2. The zero-order chi connectivity index (χ0) is 23.7. The molecule has 1 saturated heterocycles. The van der Waals surface area contributed by atoms with Gasteiger partial charge in [-0.1, -0.05) is 48.5 Å². The van der Waals surface area contributed by atoms with Gasteiger partial charge in [0.15, 0.2) is 12.3 Å². The second-order valence-electron chi connectivity index (χ2n) is 7.99. The minimum absolute atomic E-state index is 0.00488. The van der Waals surface area contributed by atoms with Gasteiger partial charge in [-0.3, -0.25) is 10.1 Å². The lowest BCUT2D eigenvalue weighted by Crippen LogP contribution is -2.68. The van der Waals surface area contributed by atoms with Gasteiger partial charge in [0.05, 0.1) is 0 Å². The second kappa shape index (κ2) is 9.18. The molecule has 2 amide bonds.